The molecule has 1 aromatic carbocycles. The van der Waals surface area contributed by atoms with Crippen molar-refractivity contribution in [2.75, 3.05) is 0 Å². The summed E-state index contributed by atoms with van der Waals surface area (Å²) in [6.45, 7) is 3.52. The van der Waals surface area contributed by atoms with Gasteiger partial charge in [0.1, 0.15) is 17.3 Å². The van der Waals surface area contributed by atoms with Crippen LogP contribution in [-0.2, 0) is 0 Å². The quantitative estimate of drug-likeness (QED) is 0.830. The molecule has 3 rings (SSSR count). The predicted octanol–water partition coefficient (Wildman–Crippen LogP) is 4.72. The van der Waals surface area contributed by atoms with Crippen LogP contribution in [0.1, 0.15) is 17.0 Å². The summed E-state index contributed by atoms with van der Waals surface area (Å²) in [5, 5.41) is 6.14. The van der Waals surface area contributed by atoms with Gasteiger partial charge in [-0.3, -0.25) is 4.79 Å². The molecule has 0 atom stereocenters. The Hall–Kier alpha value is -2.75. The molecule has 1 saturated heterocycles. The molecule has 136 valence electrons. The highest BCUT2D eigenvalue weighted by atomic mass is 32.2. The second-order valence-corrected chi connectivity index (χ2v) is 6.28. The maximum atomic E-state index is 12.2. The topological polar surface area (TPSA) is 76.7 Å². The molecule has 1 aliphatic heterocycles. The Labute approximate surface area is 150 Å². The number of nitrogens with zero attached hydrogens (tertiary/aromatic N) is 2. The predicted molar refractivity (Wildman–Crippen MR) is 90.3 cm³/mol. The molecule has 1 N–H and O–H groups in total. The van der Waals surface area contributed by atoms with Crippen LogP contribution in [0.3, 0.4) is 0 Å². The highest BCUT2D eigenvalue weighted by Gasteiger charge is 2.31. The summed E-state index contributed by atoms with van der Waals surface area (Å²) < 4.78 is 45.5. The molecule has 1 aliphatic rings. The number of amides is 1. The van der Waals surface area contributed by atoms with Crippen molar-refractivity contribution in [3.05, 3.63) is 46.2 Å². The van der Waals surface area contributed by atoms with E-state index in [9.17, 15) is 18.0 Å². The van der Waals surface area contributed by atoms with Gasteiger partial charge in [0.05, 0.1) is 16.3 Å². The number of alkyl halides is 3. The fraction of sp³-hybridized carbons (Fsp3) is 0.188. The molecule has 1 fully saturated rings. The van der Waals surface area contributed by atoms with Gasteiger partial charge in [0.2, 0.25) is 0 Å². The van der Waals surface area contributed by atoms with Crippen molar-refractivity contribution in [1.29, 1.82) is 0 Å². The normalized spacial score (nSPS) is 17.8. The first-order valence-corrected chi connectivity index (χ1v) is 8.11. The number of hydrogen-bond donors (Lipinski definition) is 1. The van der Waals surface area contributed by atoms with E-state index in [1.165, 1.54) is 12.1 Å². The number of thioether (sulfide) groups is 1. The Morgan fingerprint density at radius 3 is 2.54 bits per heavy atom. The number of rotatable bonds is 3. The van der Waals surface area contributed by atoms with Crippen LogP contribution in [0.4, 0.5) is 23.7 Å². The molecule has 2 aromatic rings. The van der Waals surface area contributed by atoms with Crippen LogP contribution in [0.2, 0.25) is 0 Å². The number of benzene rings is 1. The molecular formula is C16H12F3N3O3S. The fourth-order valence-electron chi connectivity index (χ4n) is 2.19. The van der Waals surface area contributed by atoms with Gasteiger partial charge in [-0.1, -0.05) is 5.16 Å². The van der Waals surface area contributed by atoms with Gasteiger partial charge < -0.3 is 14.6 Å². The van der Waals surface area contributed by atoms with Gasteiger partial charge in [-0.2, -0.15) is 0 Å². The Bertz CT molecular complexity index is 882. The largest absolute Gasteiger partial charge is 0.573 e. The third kappa shape index (κ3) is 4.26. The number of aromatic nitrogens is 1. The lowest BCUT2D eigenvalue weighted by atomic mass is 10.2. The summed E-state index contributed by atoms with van der Waals surface area (Å²) in [7, 11) is 0. The van der Waals surface area contributed by atoms with Gasteiger partial charge >= 0.3 is 6.36 Å². The average Bonchev–Trinajstić information content (AvgIpc) is 3.04. The van der Waals surface area contributed by atoms with E-state index >= 15 is 0 Å². The van der Waals surface area contributed by atoms with Crippen LogP contribution in [-0.4, -0.2) is 22.6 Å². The molecule has 6 nitrogen and oxygen atoms in total. The second-order valence-electron chi connectivity index (χ2n) is 5.26. The van der Waals surface area contributed by atoms with E-state index in [1.54, 1.807) is 19.9 Å². The van der Waals surface area contributed by atoms with Gasteiger partial charge in [0.15, 0.2) is 0 Å². The SMILES string of the molecule is Cc1noc(C)c1/C=C1/SC(=O)NC1=Nc1ccc(OC(F)(F)F)cc1. The maximum absolute atomic E-state index is 12.2. The van der Waals surface area contributed by atoms with Crippen LogP contribution >= 0.6 is 11.8 Å². The Balaban J connectivity index is 1.88. The summed E-state index contributed by atoms with van der Waals surface area (Å²) >= 11 is 0.957. The number of nitrogens with one attached hydrogen (secondary N) is 1. The third-order valence-corrected chi connectivity index (χ3v) is 4.15. The minimum atomic E-state index is -4.76. The van der Waals surface area contributed by atoms with E-state index in [1.807, 2.05) is 0 Å². The number of aliphatic imine (C=N–C) groups is 1. The molecule has 10 heteroatoms. The summed E-state index contributed by atoms with van der Waals surface area (Å²) in [5.41, 5.74) is 1.77. The summed E-state index contributed by atoms with van der Waals surface area (Å²) in [4.78, 5) is 16.5. The molecule has 26 heavy (non-hydrogen) atoms. The monoisotopic (exact) mass is 383 g/mol. The molecule has 0 unspecified atom stereocenters. The van der Waals surface area contributed by atoms with Crippen LogP contribution in [0.5, 0.6) is 5.75 Å². The highest BCUT2D eigenvalue weighted by molar-refractivity contribution is 8.18. The zero-order valence-corrected chi connectivity index (χ0v) is 14.4. The molecule has 0 bridgehead atoms. The van der Waals surface area contributed by atoms with Gasteiger partial charge in [0, 0.05) is 5.56 Å². The smallest absolute Gasteiger partial charge is 0.406 e. The molecular weight excluding hydrogens is 371 g/mol. The summed E-state index contributed by atoms with van der Waals surface area (Å²) in [6, 6.07) is 5.01. The zero-order chi connectivity index (χ0) is 18.9. The Morgan fingerprint density at radius 2 is 1.96 bits per heavy atom. The van der Waals surface area contributed by atoms with Crippen LogP contribution in [0.25, 0.3) is 6.08 Å². The maximum Gasteiger partial charge on any atom is 0.573 e. The van der Waals surface area contributed by atoms with Crippen molar-refractivity contribution in [2.45, 2.75) is 20.2 Å². The highest BCUT2D eigenvalue weighted by Crippen LogP contribution is 2.31. The van der Waals surface area contributed by atoms with Crippen LogP contribution < -0.4 is 10.1 Å². The average molecular weight is 383 g/mol. The van der Waals surface area contributed by atoms with Crippen molar-refractivity contribution < 1.29 is 27.2 Å². The number of carbonyl (C=O) groups is 1. The second kappa shape index (κ2) is 6.87. The van der Waals surface area contributed by atoms with Crippen molar-refractivity contribution >= 4 is 34.6 Å². The van der Waals surface area contributed by atoms with Gasteiger partial charge in [-0.15, -0.1) is 13.2 Å². The fourth-order valence-corrected chi connectivity index (χ4v) is 2.91. The molecule has 0 radical (unpaired) electrons. The van der Waals surface area contributed by atoms with Gasteiger partial charge in [0.25, 0.3) is 5.24 Å². The number of aryl methyl sites for hydroxylation is 2. The van der Waals surface area contributed by atoms with Crippen molar-refractivity contribution in [3.8, 4) is 5.75 Å². The van der Waals surface area contributed by atoms with E-state index in [-0.39, 0.29) is 11.0 Å². The standard InChI is InChI=1S/C16H12F3N3O3S/c1-8-12(9(2)25-22-8)7-13-14(21-15(23)26-13)20-10-3-5-11(6-4-10)24-16(17,18)19/h3-7H,1-2H3,(H,20,21,23)/b13-7+. The zero-order valence-electron chi connectivity index (χ0n) is 13.5. The minimum Gasteiger partial charge on any atom is -0.406 e. The van der Waals surface area contributed by atoms with E-state index in [0.717, 1.165) is 29.5 Å². The third-order valence-electron chi connectivity index (χ3n) is 3.33. The van der Waals surface area contributed by atoms with Crippen molar-refractivity contribution in [1.82, 2.24) is 10.5 Å². The summed E-state index contributed by atoms with van der Waals surface area (Å²) in [5.74, 6) is 0.546. The lowest BCUT2D eigenvalue weighted by Crippen LogP contribution is -2.18. The number of carbonyl (C=O) groups excluding carboxylic acids is 1. The lowest BCUT2D eigenvalue weighted by Gasteiger charge is -2.08. The molecule has 0 spiro atoms. The summed E-state index contributed by atoms with van der Waals surface area (Å²) in [6.07, 6.45) is -3.03. The van der Waals surface area contributed by atoms with Crippen LogP contribution in [0.15, 0.2) is 38.7 Å². The first kappa shape index (κ1) is 18.1. The Kier molecular flexibility index (Phi) is 4.77. The number of ether oxygens (including phenoxy) is 1. The van der Waals surface area contributed by atoms with E-state index in [2.05, 4.69) is 20.2 Å². The van der Waals surface area contributed by atoms with Crippen LogP contribution in [0, 0.1) is 13.8 Å². The molecule has 1 aromatic heterocycles. The number of hydrogen-bond acceptors (Lipinski definition) is 6. The molecule has 0 saturated carbocycles. The van der Waals surface area contributed by atoms with E-state index < -0.39 is 6.36 Å². The molecule has 1 amide bonds. The first-order chi connectivity index (χ1) is 12.2. The number of amidine groups is 1. The number of halogens is 3. The van der Waals surface area contributed by atoms with E-state index in [0.29, 0.717) is 27.9 Å². The van der Waals surface area contributed by atoms with Gasteiger partial charge in [-0.25, -0.2) is 4.99 Å². The first-order valence-electron chi connectivity index (χ1n) is 7.29. The van der Waals surface area contributed by atoms with Crippen molar-refractivity contribution in [2.24, 2.45) is 4.99 Å². The minimum absolute atomic E-state index is 0.296. The molecule has 0 aliphatic carbocycles. The lowest BCUT2D eigenvalue weighted by molar-refractivity contribution is -0.274. The molecule has 2 heterocycles. The van der Waals surface area contributed by atoms with E-state index in [4.69, 9.17) is 4.52 Å². The Morgan fingerprint density at radius 1 is 1.27 bits per heavy atom. The van der Waals surface area contributed by atoms with Gasteiger partial charge in [-0.05, 0) is 56.0 Å². The van der Waals surface area contributed by atoms with Crippen molar-refractivity contribution in [3.63, 3.8) is 0 Å².